The largest absolute Gasteiger partial charge is 0.478 e. The molecule has 30 heavy (non-hydrogen) atoms. The average molecular weight is 415 g/mol. The molecule has 5 aromatic rings. The monoisotopic (exact) mass is 415 g/mol. The second-order valence-electron chi connectivity index (χ2n) is 6.92. The van der Waals surface area contributed by atoms with E-state index in [4.69, 9.17) is 4.42 Å². The van der Waals surface area contributed by atoms with Crippen molar-refractivity contribution in [2.75, 3.05) is 11.9 Å². The van der Waals surface area contributed by atoms with E-state index < -0.39 is 5.97 Å². The predicted octanol–water partition coefficient (Wildman–Crippen LogP) is 5.46. The van der Waals surface area contributed by atoms with E-state index in [0.717, 1.165) is 30.0 Å². The van der Waals surface area contributed by atoms with Gasteiger partial charge in [-0.25, -0.2) is 14.8 Å². The van der Waals surface area contributed by atoms with E-state index in [1.54, 1.807) is 23.5 Å². The fraction of sp³-hybridized carbons (Fsp3) is 0.0870. The third kappa shape index (κ3) is 3.51. The van der Waals surface area contributed by atoms with Crippen LogP contribution in [0.15, 0.2) is 70.9 Å². The minimum atomic E-state index is -1.01. The van der Waals surface area contributed by atoms with Crippen LogP contribution in [0.3, 0.4) is 0 Å². The van der Waals surface area contributed by atoms with Gasteiger partial charge in [-0.1, -0.05) is 18.2 Å². The van der Waals surface area contributed by atoms with E-state index in [0.29, 0.717) is 11.0 Å². The molecule has 6 nitrogen and oxygen atoms in total. The molecule has 0 fully saturated rings. The van der Waals surface area contributed by atoms with Gasteiger partial charge in [0.25, 0.3) is 0 Å². The van der Waals surface area contributed by atoms with Crippen molar-refractivity contribution in [3.63, 3.8) is 0 Å². The summed E-state index contributed by atoms with van der Waals surface area (Å²) in [5.41, 5.74) is 3.52. The van der Waals surface area contributed by atoms with Crippen LogP contribution in [0.1, 0.15) is 15.9 Å². The zero-order valence-electron chi connectivity index (χ0n) is 15.8. The van der Waals surface area contributed by atoms with Gasteiger partial charge >= 0.3 is 5.97 Å². The van der Waals surface area contributed by atoms with Crippen LogP contribution in [-0.2, 0) is 6.42 Å². The number of furan rings is 1. The molecule has 7 heteroatoms. The highest BCUT2D eigenvalue weighted by atomic mass is 32.1. The fourth-order valence-corrected chi connectivity index (χ4v) is 4.24. The molecule has 0 radical (unpaired) electrons. The summed E-state index contributed by atoms with van der Waals surface area (Å²) >= 11 is 1.75. The molecule has 0 aliphatic carbocycles. The first-order valence-electron chi connectivity index (χ1n) is 9.44. The number of aromatic carboxylic acids is 1. The number of carbonyl (C=O) groups is 1. The van der Waals surface area contributed by atoms with E-state index in [1.807, 2.05) is 12.1 Å². The van der Waals surface area contributed by atoms with E-state index in [-0.39, 0.29) is 5.56 Å². The zero-order valence-corrected chi connectivity index (χ0v) is 16.6. The molecule has 0 aliphatic heterocycles. The summed E-state index contributed by atoms with van der Waals surface area (Å²) in [7, 11) is 0. The molecule has 0 unspecified atom stereocenters. The summed E-state index contributed by atoms with van der Waals surface area (Å²) in [5.74, 6) is -0.268. The lowest BCUT2D eigenvalue weighted by Gasteiger charge is -2.08. The molecule has 0 amide bonds. The average Bonchev–Trinajstić information content (AvgIpc) is 3.40. The van der Waals surface area contributed by atoms with Gasteiger partial charge in [0.1, 0.15) is 29.6 Å². The number of nitrogens with one attached hydrogen (secondary N) is 1. The number of benzene rings is 2. The van der Waals surface area contributed by atoms with E-state index in [9.17, 15) is 9.90 Å². The van der Waals surface area contributed by atoms with Gasteiger partial charge in [-0.2, -0.15) is 0 Å². The van der Waals surface area contributed by atoms with Crippen LogP contribution in [0.5, 0.6) is 0 Å². The second-order valence-corrected chi connectivity index (χ2v) is 7.87. The Labute approximate surface area is 175 Å². The number of hydrogen-bond donors (Lipinski definition) is 2. The molecule has 3 heterocycles. The normalized spacial score (nSPS) is 11.2. The van der Waals surface area contributed by atoms with Crippen LogP contribution >= 0.6 is 11.3 Å². The maximum absolute atomic E-state index is 11.2. The molecule has 0 saturated heterocycles. The Morgan fingerprint density at radius 2 is 2.03 bits per heavy atom. The van der Waals surface area contributed by atoms with E-state index in [1.165, 1.54) is 28.2 Å². The van der Waals surface area contributed by atoms with E-state index >= 15 is 0 Å². The number of thiophene rings is 1. The Hall–Kier alpha value is -3.71. The second kappa shape index (κ2) is 7.61. The first-order valence-corrected chi connectivity index (χ1v) is 10.3. The number of rotatable bonds is 6. The number of anilines is 1. The molecule has 0 spiro atoms. The minimum absolute atomic E-state index is 0.155. The minimum Gasteiger partial charge on any atom is -0.478 e. The summed E-state index contributed by atoms with van der Waals surface area (Å²) in [5, 5.41) is 16.5. The van der Waals surface area contributed by atoms with Gasteiger partial charge in [0.2, 0.25) is 0 Å². The summed E-state index contributed by atoms with van der Waals surface area (Å²) in [6, 6.07) is 16.0. The SMILES string of the molecule is O=C(O)c1coc2cc(-c3cc(NCCc4ccc5sccc5c4)ncn3)ccc12. The fourth-order valence-electron chi connectivity index (χ4n) is 3.47. The van der Waals surface area contributed by atoms with Crippen molar-refractivity contribution in [1.29, 1.82) is 0 Å². The number of nitrogens with zero attached hydrogens (tertiary/aromatic N) is 2. The van der Waals surface area contributed by atoms with Gasteiger partial charge < -0.3 is 14.8 Å². The van der Waals surface area contributed by atoms with E-state index in [2.05, 4.69) is 44.9 Å². The molecule has 5 rings (SSSR count). The first kappa shape index (κ1) is 18.3. The van der Waals surface area contributed by atoms with Gasteiger partial charge in [-0.3, -0.25) is 0 Å². The zero-order chi connectivity index (χ0) is 20.5. The number of carboxylic acids is 1. The van der Waals surface area contributed by atoms with Crippen molar-refractivity contribution >= 4 is 44.2 Å². The topological polar surface area (TPSA) is 88.2 Å². The number of fused-ring (bicyclic) bond motifs is 2. The Bertz CT molecular complexity index is 1370. The van der Waals surface area contributed by atoms with Crippen LogP contribution in [0, 0.1) is 0 Å². The molecule has 0 bridgehead atoms. The summed E-state index contributed by atoms with van der Waals surface area (Å²) < 4.78 is 6.70. The van der Waals surface area contributed by atoms with Crippen molar-refractivity contribution in [2.24, 2.45) is 0 Å². The summed E-state index contributed by atoms with van der Waals surface area (Å²) in [6.45, 7) is 0.755. The highest BCUT2D eigenvalue weighted by molar-refractivity contribution is 7.17. The summed E-state index contributed by atoms with van der Waals surface area (Å²) in [4.78, 5) is 19.9. The molecular weight excluding hydrogens is 398 g/mol. The standard InChI is InChI=1S/C23H17N3O3S/c27-23(28)18-12-29-20-10-15(2-3-17(18)20)19-11-22(26-13-25-19)24-7-5-14-1-4-21-16(9-14)6-8-30-21/h1-4,6,8-13H,5,7H2,(H,27,28)(H,24,25,26). The van der Waals surface area contributed by atoms with Gasteiger partial charge in [0.05, 0.1) is 5.69 Å². The smallest absolute Gasteiger partial charge is 0.339 e. The number of carboxylic acid groups (broad SMARTS) is 1. The van der Waals surface area contributed by atoms with Gasteiger partial charge in [0.15, 0.2) is 0 Å². The number of aromatic nitrogens is 2. The van der Waals surface area contributed by atoms with Gasteiger partial charge in [-0.05, 0) is 47.0 Å². The molecule has 2 aromatic carbocycles. The first-order chi connectivity index (χ1) is 14.7. The lowest BCUT2D eigenvalue weighted by Crippen LogP contribution is -2.06. The Morgan fingerprint density at radius 3 is 2.93 bits per heavy atom. The third-order valence-corrected chi connectivity index (χ3v) is 5.90. The van der Waals surface area contributed by atoms with Gasteiger partial charge in [0, 0.05) is 28.3 Å². The van der Waals surface area contributed by atoms with Gasteiger partial charge in [-0.15, -0.1) is 11.3 Å². The van der Waals surface area contributed by atoms with Crippen molar-refractivity contribution < 1.29 is 14.3 Å². The van der Waals surface area contributed by atoms with Crippen molar-refractivity contribution in [1.82, 2.24) is 9.97 Å². The van der Waals surface area contributed by atoms with Crippen molar-refractivity contribution in [2.45, 2.75) is 6.42 Å². The lowest BCUT2D eigenvalue weighted by molar-refractivity contribution is 0.0698. The molecule has 0 aliphatic rings. The Morgan fingerprint density at radius 1 is 1.10 bits per heavy atom. The lowest BCUT2D eigenvalue weighted by atomic mass is 10.1. The van der Waals surface area contributed by atoms with Crippen LogP contribution < -0.4 is 5.32 Å². The van der Waals surface area contributed by atoms with Crippen LogP contribution in [0.4, 0.5) is 5.82 Å². The quantitative estimate of drug-likeness (QED) is 0.383. The van der Waals surface area contributed by atoms with Crippen LogP contribution in [0.2, 0.25) is 0 Å². The molecule has 0 atom stereocenters. The van der Waals surface area contributed by atoms with Crippen LogP contribution in [0.25, 0.3) is 32.3 Å². The Kier molecular flexibility index (Phi) is 4.65. The maximum atomic E-state index is 11.2. The molecule has 148 valence electrons. The molecular formula is C23H17N3O3S. The van der Waals surface area contributed by atoms with Crippen molar-refractivity contribution in [3.8, 4) is 11.3 Å². The van der Waals surface area contributed by atoms with Crippen molar-refractivity contribution in [3.05, 3.63) is 77.6 Å². The molecule has 3 aromatic heterocycles. The highest BCUT2D eigenvalue weighted by Gasteiger charge is 2.13. The maximum Gasteiger partial charge on any atom is 0.339 e. The van der Waals surface area contributed by atoms with Crippen LogP contribution in [-0.4, -0.2) is 27.6 Å². The predicted molar refractivity (Wildman–Crippen MR) is 118 cm³/mol. The number of hydrogen-bond acceptors (Lipinski definition) is 6. The highest BCUT2D eigenvalue weighted by Crippen LogP contribution is 2.27. The molecule has 2 N–H and O–H groups in total. The summed E-state index contributed by atoms with van der Waals surface area (Å²) in [6.07, 6.45) is 3.67. The third-order valence-electron chi connectivity index (χ3n) is 5.01. The molecule has 0 saturated carbocycles. The Balaban J connectivity index is 1.31.